The van der Waals surface area contributed by atoms with Crippen molar-refractivity contribution in [3.8, 4) is 0 Å². The Balaban J connectivity index is 2.54. The Labute approximate surface area is 34.5 Å². The van der Waals surface area contributed by atoms with Crippen molar-refractivity contribution in [2.24, 2.45) is 0 Å². The summed E-state index contributed by atoms with van der Waals surface area (Å²) in [6.07, 6.45) is 0. The van der Waals surface area contributed by atoms with Crippen molar-refractivity contribution in [3.05, 3.63) is 0 Å². The van der Waals surface area contributed by atoms with Crippen LogP contribution < -0.4 is 0 Å². The molecular weight excluding hydrogens is 111 g/mol. The van der Waals surface area contributed by atoms with Crippen molar-refractivity contribution in [1.82, 2.24) is 0 Å². The molecule has 5 heavy (non-hydrogen) atoms. The second-order valence-electron chi connectivity index (χ2n) is 0.334. The zero-order chi connectivity index (χ0) is 4.28. The molecule has 0 aromatic heterocycles. The fraction of sp³-hybridized carbons (Fsp3) is 0. The summed E-state index contributed by atoms with van der Waals surface area (Å²) >= 11 is 0.0556. The van der Waals surface area contributed by atoms with E-state index >= 15 is 0 Å². The maximum absolute atomic E-state index is 7.69. The lowest BCUT2D eigenvalue weighted by Crippen LogP contribution is -1.51. The van der Waals surface area contributed by atoms with Crippen molar-refractivity contribution >= 4 is 19.2 Å². The molecule has 0 aliphatic carbocycles. The summed E-state index contributed by atoms with van der Waals surface area (Å²) in [5, 5.41) is 0. The van der Waals surface area contributed by atoms with Gasteiger partial charge in [0.1, 0.15) is 0 Å². The first-order valence-corrected chi connectivity index (χ1v) is 3.39. The molecule has 0 fully saturated rings. The monoisotopic (exact) mass is 114 g/mol. The first kappa shape index (κ1) is 5.66. The Morgan fingerprint density at radius 2 is 1.60 bits per heavy atom. The van der Waals surface area contributed by atoms with E-state index in [0.717, 1.165) is 0 Å². The lowest BCUT2D eigenvalue weighted by atomic mass is 15.9. The normalized spacial score (nSPS) is 9.60. The van der Waals surface area contributed by atoms with Gasteiger partial charge in [0.2, 0.25) is 0 Å². The van der Waals surface area contributed by atoms with E-state index in [-0.39, 0.29) is 11.7 Å². The molecule has 0 spiro atoms. The summed E-state index contributed by atoms with van der Waals surface area (Å²) < 4.78 is 7.59. The molecule has 0 bridgehead atoms. The fourth-order valence-electron chi connectivity index (χ4n) is 0. The summed E-state index contributed by atoms with van der Waals surface area (Å²) in [5.74, 6) is 0. The average molecular weight is 114 g/mol. The van der Waals surface area contributed by atoms with E-state index in [1.807, 2.05) is 0 Å². The van der Waals surface area contributed by atoms with Gasteiger partial charge in [0, 0.05) is 0 Å². The average Bonchev–Trinajstić information content (AvgIpc) is 1.38. The quantitative estimate of drug-likeness (QED) is 0.341. The molecule has 3 nitrogen and oxygen atoms in total. The van der Waals surface area contributed by atoms with Gasteiger partial charge in [-0.1, -0.05) is 0 Å². The molecule has 0 saturated carbocycles. The van der Waals surface area contributed by atoms with Crippen LogP contribution >= 0.6 is 19.2 Å². The SMILES string of the molecule is OSP(O)O. The Kier molecular flexibility index (Phi) is 3.25. The molecule has 3 N–H and O–H groups in total. The Hall–Kier alpha value is 0.660. The zero-order valence-electron chi connectivity index (χ0n) is 2.20. The van der Waals surface area contributed by atoms with Gasteiger partial charge in [-0.25, -0.2) is 0 Å². The third-order valence-corrected chi connectivity index (χ3v) is 0.657. The minimum atomic E-state index is -2.13. The smallest absolute Gasteiger partial charge is 0.261 e. The third-order valence-electron chi connectivity index (χ3n) is 0.0730. The minimum Gasteiger partial charge on any atom is -0.340 e. The van der Waals surface area contributed by atoms with Crippen molar-refractivity contribution in [1.29, 1.82) is 0 Å². The highest BCUT2D eigenvalue weighted by Crippen LogP contribution is 2.36. The first-order valence-electron chi connectivity index (χ1n) is 0.765. The van der Waals surface area contributed by atoms with Gasteiger partial charge in [0.25, 0.3) is 7.58 Å². The van der Waals surface area contributed by atoms with Crippen LogP contribution in [0, 0.1) is 0 Å². The molecule has 0 aliphatic heterocycles. The van der Waals surface area contributed by atoms with E-state index in [0.29, 0.717) is 0 Å². The van der Waals surface area contributed by atoms with Gasteiger partial charge < -0.3 is 14.3 Å². The highest BCUT2D eigenvalue weighted by atomic mass is 32.7. The highest BCUT2D eigenvalue weighted by molar-refractivity contribution is 8.49. The Morgan fingerprint density at radius 1 is 1.40 bits per heavy atom. The molecule has 0 saturated heterocycles. The third kappa shape index (κ3) is 4.66. The number of rotatable bonds is 1. The van der Waals surface area contributed by atoms with Crippen molar-refractivity contribution < 1.29 is 14.3 Å². The molecule has 0 radical (unpaired) electrons. The molecule has 0 aromatic carbocycles. The summed E-state index contributed by atoms with van der Waals surface area (Å²) in [5.41, 5.74) is 0. The lowest BCUT2D eigenvalue weighted by Gasteiger charge is -1.85. The summed E-state index contributed by atoms with van der Waals surface area (Å²) in [6, 6.07) is 0. The Bertz CT molecular complexity index is 20.9. The van der Waals surface area contributed by atoms with Crippen LogP contribution in [-0.4, -0.2) is 14.3 Å². The topological polar surface area (TPSA) is 60.7 Å². The summed E-state index contributed by atoms with van der Waals surface area (Å²) in [6.45, 7) is 0. The molecule has 0 atom stereocenters. The molecule has 0 heterocycles. The van der Waals surface area contributed by atoms with Crippen LogP contribution in [0.1, 0.15) is 0 Å². The molecular formula is H3O3PS. The van der Waals surface area contributed by atoms with Crippen LogP contribution in [0.25, 0.3) is 0 Å². The number of hydrogen-bond acceptors (Lipinski definition) is 4. The van der Waals surface area contributed by atoms with Crippen molar-refractivity contribution in [3.63, 3.8) is 0 Å². The maximum Gasteiger partial charge on any atom is 0.261 e. The predicted octanol–water partition coefficient (Wildman–Crippen LogP) is 0.404. The van der Waals surface area contributed by atoms with Crippen LogP contribution in [0.15, 0.2) is 0 Å². The second kappa shape index (κ2) is 2.87. The van der Waals surface area contributed by atoms with Crippen LogP contribution in [0.5, 0.6) is 0 Å². The van der Waals surface area contributed by atoms with Crippen LogP contribution in [0.2, 0.25) is 0 Å². The van der Waals surface area contributed by atoms with Gasteiger partial charge in [-0.15, -0.1) is 0 Å². The fourth-order valence-corrected chi connectivity index (χ4v) is 0. The largest absolute Gasteiger partial charge is 0.340 e. The molecule has 0 aliphatic rings. The van der Waals surface area contributed by atoms with Crippen LogP contribution in [0.3, 0.4) is 0 Å². The standard InChI is InChI=1S/H3O3PS/c1-4(2)5-3/h1-3H. The molecule has 0 rings (SSSR count). The molecule has 0 aromatic rings. The van der Waals surface area contributed by atoms with E-state index < -0.39 is 7.58 Å². The van der Waals surface area contributed by atoms with E-state index in [9.17, 15) is 0 Å². The molecule has 32 valence electrons. The van der Waals surface area contributed by atoms with Gasteiger partial charge in [-0.2, -0.15) is 0 Å². The predicted molar refractivity (Wildman–Crippen MR) is 21.6 cm³/mol. The maximum atomic E-state index is 7.69. The second-order valence-corrected chi connectivity index (χ2v) is 2.47. The highest BCUT2D eigenvalue weighted by Gasteiger charge is 1.89. The van der Waals surface area contributed by atoms with Gasteiger partial charge >= 0.3 is 0 Å². The van der Waals surface area contributed by atoms with E-state index in [2.05, 4.69) is 0 Å². The number of hydrogen-bond donors (Lipinski definition) is 3. The van der Waals surface area contributed by atoms with Crippen LogP contribution in [-0.2, 0) is 0 Å². The molecule has 0 unspecified atom stereocenters. The van der Waals surface area contributed by atoms with Crippen molar-refractivity contribution in [2.45, 2.75) is 0 Å². The van der Waals surface area contributed by atoms with E-state index in [1.54, 1.807) is 0 Å². The van der Waals surface area contributed by atoms with Gasteiger partial charge in [-0.3, -0.25) is 0 Å². The van der Waals surface area contributed by atoms with Gasteiger partial charge in [-0.05, 0) is 0 Å². The van der Waals surface area contributed by atoms with Gasteiger partial charge in [0.05, 0.1) is 11.7 Å². The summed E-state index contributed by atoms with van der Waals surface area (Å²) in [7, 11) is -2.13. The van der Waals surface area contributed by atoms with Gasteiger partial charge in [0.15, 0.2) is 0 Å². The lowest BCUT2D eigenvalue weighted by molar-refractivity contribution is 0.500. The molecule has 5 heteroatoms. The van der Waals surface area contributed by atoms with Crippen molar-refractivity contribution in [2.75, 3.05) is 0 Å². The Morgan fingerprint density at radius 3 is 1.60 bits per heavy atom. The first-order chi connectivity index (χ1) is 2.27. The molecule has 0 amide bonds. The van der Waals surface area contributed by atoms with E-state index in [1.165, 1.54) is 0 Å². The zero-order valence-corrected chi connectivity index (χ0v) is 3.91. The minimum absolute atomic E-state index is 0.0556. The van der Waals surface area contributed by atoms with E-state index in [4.69, 9.17) is 14.3 Å². The van der Waals surface area contributed by atoms with Crippen LogP contribution in [0.4, 0.5) is 0 Å². The summed E-state index contributed by atoms with van der Waals surface area (Å²) in [4.78, 5) is 15.4.